The van der Waals surface area contributed by atoms with Crippen LogP contribution in [0.1, 0.15) is 13.8 Å². The predicted octanol–water partition coefficient (Wildman–Crippen LogP) is 2.85. The molecule has 3 aromatic heterocycles. The fraction of sp³-hybridized carbons (Fsp3) is 0.158. The van der Waals surface area contributed by atoms with Gasteiger partial charge in [0, 0.05) is 35.3 Å². The fourth-order valence-electron chi connectivity index (χ4n) is 2.82. The van der Waals surface area contributed by atoms with Gasteiger partial charge in [0.25, 0.3) is 0 Å². The Balaban J connectivity index is 1.76. The Kier molecular flexibility index (Phi) is 4.31. The minimum absolute atomic E-state index is 0.201. The van der Waals surface area contributed by atoms with Crippen molar-refractivity contribution in [2.24, 2.45) is 0 Å². The summed E-state index contributed by atoms with van der Waals surface area (Å²) in [6.45, 7) is 3.33. The lowest BCUT2D eigenvalue weighted by atomic mass is 10.1. The second kappa shape index (κ2) is 6.68. The SMILES string of the molecule is CC(C)S(=O)(=O)c1ccc(-c2cnc3[nH]cc(-c4cnc(N)nc4)c3n2)cc1. The van der Waals surface area contributed by atoms with Crippen molar-refractivity contribution in [1.82, 2.24) is 24.9 Å². The van der Waals surface area contributed by atoms with Gasteiger partial charge in [-0.1, -0.05) is 12.1 Å². The van der Waals surface area contributed by atoms with Crippen molar-refractivity contribution in [2.75, 3.05) is 5.73 Å². The highest BCUT2D eigenvalue weighted by Gasteiger charge is 2.19. The zero-order chi connectivity index (χ0) is 19.9. The summed E-state index contributed by atoms with van der Waals surface area (Å²) in [7, 11) is -3.31. The lowest BCUT2D eigenvalue weighted by molar-refractivity contribution is 0.587. The largest absolute Gasteiger partial charge is 0.368 e. The maximum absolute atomic E-state index is 12.3. The minimum Gasteiger partial charge on any atom is -0.368 e. The molecule has 28 heavy (non-hydrogen) atoms. The molecule has 0 bridgehead atoms. The van der Waals surface area contributed by atoms with Crippen LogP contribution in [0.25, 0.3) is 33.5 Å². The molecule has 0 fully saturated rings. The summed E-state index contributed by atoms with van der Waals surface area (Å²) in [5.41, 5.74) is 9.85. The highest BCUT2D eigenvalue weighted by molar-refractivity contribution is 7.92. The van der Waals surface area contributed by atoms with Gasteiger partial charge in [-0.15, -0.1) is 0 Å². The molecule has 0 unspecified atom stereocenters. The number of nitrogen functional groups attached to an aromatic ring is 1. The van der Waals surface area contributed by atoms with E-state index in [9.17, 15) is 8.42 Å². The Morgan fingerprint density at radius 2 is 1.64 bits per heavy atom. The van der Waals surface area contributed by atoms with Crippen LogP contribution < -0.4 is 5.73 Å². The number of aromatic amines is 1. The number of H-pyrrole nitrogens is 1. The third-order valence-corrected chi connectivity index (χ3v) is 6.63. The number of fused-ring (bicyclic) bond motifs is 1. The normalized spacial score (nSPS) is 12.0. The van der Waals surface area contributed by atoms with E-state index in [2.05, 4.69) is 19.9 Å². The van der Waals surface area contributed by atoms with E-state index in [0.717, 1.165) is 16.7 Å². The maximum Gasteiger partial charge on any atom is 0.219 e. The molecule has 0 atom stereocenters. The molecule has 0 amide bonds. The highest BCUT2D eigenvalue weighted by atomic mass is 32.2. The quantitative estimate of drug-likeness (QED) is 0.545. The Hall–Kier alpha value is -3.33. The van der Waals surface area contributed by atoms with E-state index in [1.807, 2.05) is 0 Å². The summed E-state index contributed by atoms with van der Waals surface area (Å²) in [5.74, 6) is 0.201. The second-order valence-corrected chi connectivity index (χ2v) is 9.11. The number of anilines is 1. The molecule has 9 heteroatoms. The molecule has 8 nitrogen and oxygen atoms in total. The highest BCUT2D eigenvalue weighted by Crippen LogP contribution is 2.28. The van der Waals surface area contributed by atoms with Crippen LogP contribution in [0.15, 0.2) is 53.9 Å². The third kappa shape index (κ3) is 3.09. The summed E-state index contributed by atoms with van der Waals surface area (Å²) in [6.07, 6.45) is 6.70. The van der Waals surface area contributed by atoms with E-state index in [1.54, 1.807) is 62.9 Å². The summed E-state index contributed by atoms with van der Waals surface area (Å²) < 4.78 is 24.6. The van der Waals surface area contributed by atoms with Gasteiger partial charge in [0.15, 0.2) is 15.5 Å². The molecule has 1 aromatic carbocycles. The molecule has 4 rings (SSSR count). The zero-order valence-corrected chi connectivity index (χ0v) is 16.1. The number of nitrogens with zero attached hydrogens (tertiary/aromatic N) is 4. The van der Waals surface area contributed by atoms with E-state index in [0.29, 0.717) is 21.8 Å². The van der Waals surface area contributed by atoms with Gasteiger partial charge in [0.2, 0.25) is 5.95 Å². The van der Waals surface area contributed by atoms with Crippen LogP contribution in [0.4, 0.5) is 5.95 Å². The topological polar surface area (TPSA) is 128 Å². The zero-order valence-electron chi connectivity index (χ0n) is 15.3. The summed E-state index contributed by atoms with van der Waals surface area (Å²) in [5, 5.41) is -0.473. The van der Waals surface area contributed by atoms with Crippen molar-refractivity contribution < 1.29 is 8.42 Å². The second-order valence-electron chi connectivity index (χ2n) is 6.60. The number of nitrogens with one attached hydrogen (secondary N) is 1. The predicted molar refractivity (Wildman–Crippen MR) is 107 cm³/mol. The fourth-order valence-corrected chi connectivity index (χ4v) is 3.87. The molecule has 0 aliphatic carbocycles. The molecular formula is C19H18N6O2S. The van der Waals surface area contributed by atoms with Crippen LogP contribution in [-0.4, -0.2) is 38.6 Å². The first-order chi connectivity index (χ1) is 13.4. The van der Waals surface area contributed by atoms with Gasteiger partial charge < -0.3 is 10.7 Å². The smallest absolute Gasteiger partial charge is 0.219 e. The Morgan fingerprint density at radius 3 is 2.29 bits per heavy atom. The van der Waals surface area contributed by atoms with Crippen molar-refractivity contribution in [2.45, 2.75) is 24.0 Å². The van der Waals surface area contributed by atoms with Crippen LogP contribution in [0.2, 0.25) is 0 Å². The molecule has 0 radical (unpaired) electrons. The van der Waals surface area contributed by atoms with Crippen molar-refractivity contribution in [3.63, 3.8) is 0 Å². The van der Waals surface area contributed by atoms with Crippen LogP contribution >= 0.6 is 0 Å². The van der Waals surface area contributed by atoms with Crippen molar-refractivity contribution in [3.8, 4) is 22.4 Å². The molecule has 142 valence electrons. The first-order valence-electron chi connectivity index (χ1n) is 8.62. The molecule has 0 spiro atoms. The number of sulfone groups is 1. The van der Waals surface area contributed by atoms with Crippen LogP contribution in [0.5, 0.6) is 0 Å². The van der Waals surface area contributed by atoms with E-state index in [-0.39, 0.29) is 5.95 Å². The Morgan fingerprint density at radius 1 is 0.964 bits per heavy atom. The van der Waals surface area contributed by atoms with Gasteiger partial charge in [0.1, 0.15) is 5.52 Å². The average molecular weight is 394 g/mol. The van der Waals surface area contributed by atoms with Gasteiger partial charge in [-0.2, -0.15) is 0 Å². The van der Waals surface area contributed by atoms with E-state index in [1.165, 1.54) is 0 Å². The van der Waals surface area contributed by atoms with Gasteiger partial charge in [-0.3, -0.25) is 0 Å². The van der Waals surface area contributed by atoms with E-state index >= 15 is 0 Å². The monoisotopic (exact) mass is 394 g/mol. The summed E-state index contributed by atoms with van der Waals surface area (Å²) in [4.78, 5) is 20.5. The summed E-state index contributed by atoms with van der Waals surface area (Å²) in [6, 6.07) is 6.68. The Labute approximate surface area is 161 Å². The number of rotatable bonds is 4. The number of aromatic nitrogens is 5. The van der Waals surface area contributed by atoms with Crippen molar-refractivity contribution in [3.05, 3.63) is 49.1 Å². The minimum atomic E-state index is -3.31. The van der Waals surface area contributed by atoms with E-state index < -0.39 is 15.1 Å². The molecule has 3 heterocycles. The Bertz CT molecular complexity index is 1250. The van der Waals surface area contributed by atoms with Gasteiger partial charge in [0.05, 0.1) is 22.0 Å². The molecular weight excluding hydrogens is 376 g/mol. The first kappa shape index (κ1) is 18.1. The molecule has 0 aliphatic heterocycles. The molecule has 0 saturated heterocycles. The van der Waals surface area contributed by atoms with Crippen LogP contribution in [0.3, 0.4) is 0 Å². The number of hydrogen-bond donors (Lipinski definition) is 2. The first-order valence-corrected chi connectivity index (χ1v) is 10.2. The number of nitrogens with two attached hydrogens (primary N) is 1. The van der Waals surface area contributed by atoms with Gasteiger partial charge in [-0.05, 0) is 26.0 Å². The number of benzene rings is 1. The van der Waals surface area contributed by atoms with Crippen LogP contribution in [-0.2, 0) is 9.84 Å². The standard InChI is InChI=1S/C19H18N6O2S/c1-11(2)28(26,27)14-5-3-12(4-6-14)16-10-22-18-17(25-16)15(9-21-18)13-7-23-19(20)24-8-13/h3-11H,1-2H3,(H,21,22)(H2,20,23,24). The molecule has 3 N–H and O–H groups in total. The van der Waals surface area contributed by atoms with Crippen LogP contribution in [0, 0.1) is 0 Å². The maximum atomic E-state index is 12.3. The lowest BCUT2D eigenvalue weighted by Gasteiger charge is -2.08. The lowest BCUT2D eigenvalue weighted by Crippen LogP contribution is -2.13. The van der Waals surface area contributed by atoms with Gasteiger partial charge in [-0.25, -0.2) is 28.4 Å². The third-order valence-electron chi connectivity index (χ3n) is 4.46. The van der Waals surface area contributed by atoms with Gasteiger partial charge >= 0.3 is 0 Å². The van der Waals surface area contributed by atoms with Crippen molar-refractivity contribution in [1.29, 1.82) is 0 Å². The summed E-state index contributed by atoms with van der Waals surface area (Å²) >= 11 is 0. The number of hydrogen-bond acceptors (Lipinski definition) is 7. The van der Waals surface area contributed by atoms with Crippen molar-refractivity contribution >= 4 is 26.9 Å². The molecule has 0 aliphatic rings. The van der Waals surface area contributed by atoms with E-state index in [4.69, 9.17) is 10.7 Å². The molecule has 0 saturated carbocycles. The average Bonchev–Trinajstić information content (AvgIpc) is 3.12. The molecule has 4 aromatic rings.